The summed E-state index contributed by atoms with van der Waals surface area (Å²) in [5, 5.41) is 3.32. The third kappa shape index (κ3) is 1.22. The second-order valence-electron chi connectivity index (χ2n) is 3.13. The zero-order chi connectivity index (χ0) is 5.40. The van der Waals surface area contributed by atoms with Crippen molar-refractivity contribution in [3.8, 4) is 0 Å². The van der Waals surface area contributed by atoms with Crippen LogP contribution in [0, 0.1) is 5.92 Å². The van der Waals surface area contributed by atoms with Crippen LogP contribution in [0.1, 0.15) is 25.7 Å². The summed E-state index contributed by atoms with van der Waals surface area (Å²) in [6.45, 7) is 1.30. The predicted molar refractivity (Wildman–Crippen MR) is 33.7 cm³/mol. The first kappa shape index (κ1) is 4.80. The number of hydrogen-bond donors (Lipinski definition) is 1. The van der Waals surface area contributed by atoms with E-state index in [0.717, 1.165) is 12.0 Å². The minimum atomic E-state index is 0.926. The highest BCUT2D eigenvalue weighted by atomic mass is 15.1. The number of rotatable bonds is 3. The monoisotopic (exact) mass is 111 g/mol. The Morgan fingerprint density at radius 1 is 1.25 bits per heavy atom. The first-order chi connectivity index (χ1) is 3.95. The van der Waals surface area contributed by atoms with Gasteiger partial charge in [0.1, 0.15) is 0 Å². The lowest BCUT2D eigenvalue weighted by Crippen LogP contribution is -1.89. The molecule has 0 aromatic carbocycles. The van der Waals surface area contributed by atoms with Gasteiger partial charge in [-0.1, -0.05) is 12.8 Å². The molecule has 1 atom stereocenters. The van der Waals surface area contributed by atoms with Crippen molar-refractivity contribution < 1.29 is 0 Å². The molecule has 1 aliphatic carbocycles. The van der Waals surface area contributed by atoms with Crippen molar-refractivity contribution in [1.29, 1.82) is 0 Å². The van der Waals surface area contributed by atoms with Crippen LogP contribution in [0.2, 0.25) is 0 Å². The molecule has 0 amide bonds. The Morgan fingerprint density at radius 3 is 2.50 bits per heavy atom. The molecule has 1 unspecified atom stereocenters. The molecule has 1 nitrogen and oxygen atoms in total. The van der Waals surface area contributed by atoms with Gasteiger partial charge >= 0.3 is 0 Å². The highest BCUT2D eigenvalue weighted by Crippen LogP contribution is 2.34. The summed E-state index contributed by atoms with van der Waals surface area (Å²) in [6.07, 6.45) is 5.99. The molecular weight excluding hydrogens is 98.1 g/mol. The Hall–Kier alpha value is -0.0400. The lowest BCUT2D eigenvalue weighted by molar-refractivity contribution is 0.658. The van der Waals surface area contributed by atoms with Gasteiger partial charge in [0.15, 0.2) is 0 Å². The maximum absolute atomic E-state index is 3.32. The SMILES string of the molecule is C1CC1CCC1CN1. The minimum absolute atomic E-state index is 0.926. The fourth-order valence-corrected chi connectivity index (χ4v) is 1.13. The summed E-state index contributed by atoms with van der Waals surface area (Å²) >= 11 is 0. The van der Waals surface area contributed by atoms with Crippen molar-refractivity contribution in [2.45, 2.75) is 31.7 Å². The van der Waals surface area contributed by atoms with Crippen LogP contribution in [0.3, 0.4) is 0 Å². The summed E-state index contributed by atoms with van der Waals surface area (Å²) in [5.74, 6) is 1.14. The third-order valence-corrected chi connectivity index (χ3v) is 2.11. The van der Waals surface area contributed by atoms with E-state index in [9.17, 15) is 0 Å². The fourth-order valence-electron chi connectivity index (χ4n) is 1.13. The predicted octanol–water partition coefficient (Wildman–Crippen LogP) is 1.15. The highest BCUT2D eigenvalue weighted by Gasteiger charge is 2.25. The van der Waals surface area contributed by atoms with E-state index in [2.05, 4.69) is 5.32 Å². The maximum Gasteiger partial charge on any atom is 0.0193 e. The zero-order valence-corrected chi connectivity index (χ0v) is 5.19. The van der Waals surface area contributed by atoms with Gasteiger partial charge in [-0.05, 0) is 18.8 Å². The van der Waals surface area contributed by atoms with Gasteiger partial charge in [0, 0.05) is 12.6 Å². The van der Waals surface area contributed by atoms with E-state index < -0.39 is 0 Å². The largest absolute Gasteiger partial charge is 0.311 e. The van der Waals surface area contributed by atoms with Crippen molar-refractivity contribution in [3.05, 3.63) is 0 Å². The molecule has 0 aromatic heterocycles. The van der Waals surface area contributed by atoms with Crippen LogP contribution in [0.4, 0.5) is 0 Å². The smallest absolute Gasteiger partial charge is 0.0193 e. The van der Waals surface area contributed by atoms with Crippen LogP contribution in [-0.4, -0.2) is 12.6 Å². The molecule has 0 bridgehead atoms. The molecule has 2 aliphatic rings. The Morgan fingerprint density at radius 2 is 2.00 bits per heavy atom. The summed E-state index contributed by atoms with van der Waals surface area (Å²) in [4.78, 5) is 0. The van der Waals surface area contributed by atoms with Crippen molar-refractivity contribution in [2.75, 3.05) is 6.54 Å². The van der Waals surface area contributed by atoms with E-state index in [1.54, 1.807) is 0 Å². The van der Waals surface area contributed by atoms with Gasteiger partial charge in [-0.15, -0.1) is 0 Å². The van der Waals surface area contributed by atoms with Crippen molar-refractivity contribution in [3.63, 3.8) is 0 Å². The third-order valence-electron chi connectivity index (χ3n) is 2.11. The molecule has 46 valence electrons. The summed E-state index contributed by atoms with van der Waals surface area (Å²) in [7, 11) is 0. The molecule has 1 saturated carbocycles. The molecule has 1 heterocycles. The Bertz CT molecular complexity index is 70.4. The quantitative estimate of drug-likeness (QED) is 0.542. The van der Waals surface area contributed by atoms with E-state index >= 15 is 0 Å². The second kappa shape index (κ2) is 1.73. The lowest BCUT2D eigenvalue weighted by Gasteiger charge is -1.90. The van der Waals surface area contributed by atoms with Crippen molar-refractivity contribution in [2.24, 2.45) is 5.92 Å². The average molecular weight is 111 g/mol. The molecule has 0 spiro atoms. The van der Waals surface area contributed by atoms with Crippen LogP contribution in [0.15, 0.2) is 0 Å². The van der Waals surface area contributed by atoms with Crippen LogP contribution in [-0.2, 0) is 0 Å². The van der Waals surface area contributed by atoms with Gasteiger partial charge in [0.25, 0.3) is 0 Å². The zero-order valence-electron chi connectivity index (χ0n) is 5.19. The fraction of sp³-hybridized carbons (Fsp3) is 1.00. The molecule has 1 N–H and O–H groups in total. The highest BCUT2D eigenvalue weighted by molar-refractivity contribution is 4.85. The van der Waals surface area contributed by atoms with Crippen LogP contribution in [0.5, 0.6) is 0 Å². The molecule has 0 radical (unpaired) electrons. The van der Waals surface area contributed by atoms with Crippen LogP contribution < -0.4 is 5.32 Å². The first-order valence-electron chi connectivity index (χ1n) is 3.68. The Kier molecular flexibility index (Phi) is 1.04. The minimum Gasteiger partial charge on any atom is -0.311 e. The molecule has 8 heavy (non-hydrogen) atoms. The molecule has 0 aromatic rings. The number of hydrogen-bond acceptors (Lipinski definition) is 1. The van der Waals surface area contributed by atoms with E-state index in [0.29, 0.717) is 0 Å². The standard InChI is InChI=1S/C7H13N/c1-2-6(1)3-4-7-5-8-7/h6-8H,1-5H2. The van der Waals surface area contributed by atoms with Crippen molar-refractivity contribution in [1.82, 2.24) is 5.32 Å². The van der Waals surface area contributed by atoms with Gasteiger partial charge in [-0.3, -0.25) is 0 Å². The van der Waals surface area contributed by atoms with E-state index in [4.69, 9.17) is 0 Å². The molecule has 1 saturated heterocycles. The summed E-state index contributed by atoms with van der Waals surface area (Å²) in [5.41, 5.74) is 0. The van der Waals surface area contributed by atoms with Gasteiger partial charge < -0.3 is 5.32 Å². The normalized spacial score (nSPS) is 35.2. The topological polar surface area (TPSA) is 21.9 Å². The molecule has 1 aliphatic heterocycles. The molecule has 2 rings (SSSR count). The molecule has 2 fully saturated rings. The van der Waals surface area contributed by atoms with Crippen molar-refractivity contribution >= 4 is 0 Å². The van der Waals surface area contributed by atoms with Crippen LogP contribution >= 0.6 is 0 Å². The Balaban J connectivity index is 1.56. The second-order valence-corrected chi connectivity index (χ2v) is 3.13. The van der Waals surface area contributed by atoms with Gasteiger partial charge in [-0.2, -0.15) is 0 Å². The van der Waals surface area contributed by atoms with Gasteiger partial charge in [-0.25, -0.2) is 0 Å². The van der Waals surface area contributed by atoms with E-state index in [1.165, 1.54) is 32.2 Å². The van der Waals surface area contributed by atoms with Gasteiger partial charge in [0.2, 0.25) is 0 Å². The number of nitrogens with one attached hydrogen (secondary N) is 1. The Labute approximate surface area is 50.5 Å². The van der Waals surface area contributed by atoms with Gasteiger partial charge in [0.05, 0.1) is 0 Å². The summed E-state index contributed by atoms with van der Waals surface area (Å²) < 4.78 is 0. The average Bonchev–Trinajstić information content (AvgIpc) is 2.60. The summed E-state index contributed by atoms with van der Waals surface area (Å²) in [6, 6.07) is 0.926. The molecule has 1 heteroatoms. The lowest BCUT2D eigenvalue weighted by atomic mass is 10.2. The van der Waals surface area contributed by atoms with E-state index in [1.807, 2.05) is 0 Å². The maximum atomic E-state index is 3.32. The van der Waals surface area contributed by atoms with Crippen LogP contribution in [0.25, 0.3) is 0 Å². The van der Waals surface area contributed by atoms with E-state index in [-0.39, 0.29) is 0 Å². The first-order valence-corrected chi connectivity index (χ1v) is 3.68. The molecular formula is C7H13N.